The lowest BCUT2D eigenvalue weighted by Gasteiger charge is -2.26. The zero-order valence-electron chi connectivity index (χ0n) is 12.2. The number of sulfone groups is 1. The molecule has 0 atom stereocenters. The highest BCUT2D eigenvalue weighted by molar-refractivity contribution is 7.93. The Morgan fingerprint density at radius 1 is 1.32 bits per heavy atom. The third-order valence-electron chi connectivity index (χ3n) is 4.11. The van der Waals surface area contributed by atoms with Crippen LogP contribution in [0.4, 0.5) is 0 Å². The predicted molar refractivity (Wildman–Crippen MR) is 87.4 cm³/mol. The first-order valence-corrected chi connectivity index (χ1v) is 9.49. The highest BCUT2D eigenvalue weighted by Gasteiger charge is 2.37. The number of nitrogens with zero attached hydrogens (tertiary/aromatic N) is 1. The molecular weight excluding hydrogens is 322 g/mol. The molecule has 6 heteroatoms. The summed E-state index contributed by atoms with van der Waals surface area (Å²) in [4.78, 5) is 13.8. The van der Waals surface area contributed by atoms with E-state index in [9.17, 15) is 13.2 Å². The fourth-order valence-corrected chi connectivity index (χ4v) is 4.46. The second-order valence-electron chi connectivity index (χ2n) is 5.84. The summed E-state index contributed by atoms with van der Waals surface area (Å²) in [5, 5.41) is 0.409. The van der Waals surface area contributed by atoms with Crippen molar-refractivity contribution in [3.8, 4) is 0 Å². The topological polar surface area (TPSA) is 54.5 Å². The lowest BCUT2D eigenvalue weighted by Crippen LogP contribution is -2.39. The van der Waals surface area contributed by atoms with Gasteiger partial charge in [-0.1, -0.05) is 29.8 Å². The zero-order valence-corrected chi connectivity index (χ0v) is 13.7. The Hall–Kier alpha value is -1.33. The summed E-state index contributed by atoms with van der Waals surface area (Å²) < 4.78 is 23.8. The SMILES string of the molecule is O=C(CS(=O)(=O)C1CC1)N1CC=C(c2cccc(Cl)c2)CC1. The number of benzene rings is 1. The molecule has 1 aliphatic heterocycles. The van der Waals surface area contributed by atoms with Gasteiger partial charge in [0.25, 0.3) is 0 Å². The monoisotopic (exact) mass is 339 g/mol. The fourth-order valence-electron chi connectivity index (χ4n) is 2.65. The second kappa shape index (κ2) is 6.05. The van der Waals surface area contributed by atoms with Gasteiger partial charge in [-0.2, -0.15) is 0 Å². The van der Waals surface area contributed by atoms with Gasteiger partial charge in [0.05, 0.1) is 5.25 Å². The minimum atomic E-state index is -3.24. The summed E-state index contributed by atoms with van der Waals surface area (Å²) in [7, 11) is -3.24. The second-order valence-corrected chi connectivity index (χ2v) is 8.55. The maximum absolute atomic E-state index is 12.1. The first-order chi connectivity index (χ1) is 10.5. The highest BCUT2D eigenvalue weighted by Crippen LogP contribution is 2.29. The van der Waals surface area contributed by atoms with E-state index in [2.05, 4.69) is 0 Å². The molecule has 0 saturated heterocycles. The molecule has 118 valence electrons. The highest BCUT2D eigenvalue weighted by atomic mass is 35.5. The van der Waals surface area contributed by atoms with Gasteiger partial charge < -0.3 is 4.90 Å². The molecule has 22 heavy (non-hydrogen) atoms. The first kappa shape index (κ1) is 15.6. The van der Waals surface area contributed by atoms with E-state index in [1.54, 1.807) is 4.90 Å². The lowest BCUT2D eigenvalue weighted by atomic mass is 9.99. The average Bonchev–Trinajstić information content (AvgIpc) is 3.32. The molecule has 0 N–H and O–H groups in total. The maximum atomic E-state index is 12.1. The number of halogens is 1. The Morgan fingerprint density at radius 3 is 2.68 bits per heavy atom. The molecule has 1 fully saturated rings. The smallest absolute Gasteiger partial charge is 0.238 e. The Morgan fingerprint density at radius 2 is 2.09 bits per heavy atom. The van der Waals surface area contributed by atoms with Crippen molar-refractivity contribution in [1.29, 1.82) is 0 Å². The van der Waals surface area contributed by atoms with Crippen LogP contribution in [0.25, 0.3) is 5.57 Å². The van der Waals surface area contributed by atoms with E-state index < -0.39 is 9.84 Å². The Labute approximate surface area is 135 Å². The molecular formula is C16H18ClNO3S. The number of hydrogen-bond acceptors (Lipinski definition) is 3. The van der Waals surface area contributed by atoms with Crippen molar-refractivity contribution >= 4 is 32.9 Å². The number of hydrogen-bond donors (Lipinski definition) is 0. The van der Waals surface area contributed by atoms with E-state index in [1.165, 1.54) is 0 Å². The molecule has 0 bridgehead atoms. The van der Waals surface area contributed by atoms with Crippen LogP contribution in [-0.2, 0) is 14.6 Å². The largest absolute Gasteiger partial charge is 0.338 e. The van der Waals surface area contributed by atoms with E-state index in [-0.39, 0.29) is 16.9 Å². The van der Waals surface area contributed by atoms with E-state index in [0.29, 0.717) is 31.0 Å². The van der Waals surface area contributed by atoms with Gasteiger partial charge in [-0.3, -0.25) is 4.79 Å². The van der Waals surface area contributed by atoms with Crippen LogP contribution in [0.3, 0.4) is 0 Å². The van der Waals surface area contributed by atoms with E-state index in [0.717, 1.165) is 17.6 Å². The fraction of sp³-hybridized carbons (Fsp3) is 0.438. The van der Waals surface area contributed by atoms with Crippen LogP contribution in [0.1, 0.15) is 24.8 Å². The van der Waals surface area contributed by atoms with Gasteiger partial charge in [0.2, 0.25) is 5.91 Å². The number of carbonyl (C=O) groups is 1. The van der Waals surface area contributed by atoms with E-state index in [1.807, 2.05) is 30.3 Å². The Balaban J connectivity index is 1.64. The number of rotatable bonds is 4. The van der Waals surface area contributed by atoms with Gasteiger partial charge in [0.1, 0.15) is 5.75 Å². The van der Waals surface area contributed by atoms with Crippen LogP contribution >= 0.6 is 11.6 Å². The molecule has 0 unspecified atom stereocenters. The molecule has 3 rings (SSSR count). The molecule has 1 aromatic carbocycles. The molecule has 1 saturated carbocycles. The third kappa shape index (κ3) is 3.52. The van der Waals surface area contributed by atoms with Crippen molar-refractivity contribution in [2.75, 3.05) is 18.8 Å². The quantitative estimate of drug-likeness (QED) is 0.847. The van der Waals surface area contributed by atoms with Gasteiger partial charge in [-0.25, -0.2) is 8.42 Å². The first-order valence-electron chi connectivity index (χ1n) is 7.40. The van der Waals surface area contributed by atoms with Gasteiger partial charge in [0.15, 0.2) is 9.84 Å². The molecule has 0 radical (unpaired) electrons. The predicted octanol–water partition coefficient (Wildman–Crippen LogP) is 2.53. The minimum absolute atomic E-state index is 0.279. The number of amides is 1. The van der Waals surface area contributed by atoms with Crippen LogP contribution in [0.15, 0.2) is 30.3 Å². The van der Waals surface area contributed by atoms with Gasteiger partial charge in [-0.15, -0.1) is 0 Å². The molecule has 1 aromatic rings. The summed E-state index contributed by atoms with van der Waals surface area (Å²) in [5.41, 5.74) is 2.21. The standard InChI is InChI=1S/C16H18ClNO3S/c17-14-3-1-2-13(10-14)12-6-8-18(9-7-12)16(19)11-22(20,21)15-4-5-15/h1-3,6,10,15H,4-5,7-9,11H2. The van der Waals surface area contributed by atoms with Crippen LogP contribution in [-0.4, -0.2) is 43.3 Å². The van der Waals surface area contributed by atoms with Crippen molar-refractivity contribution < 1.29 is 13.2 Å². The van der Waals surface area contributed by atoms with Crippen molar-refractivity contribution in [3.05, 3.63) is 40.9 Å². The summed E-state index contributed by atoms with van der Waals surface area (Å²) in [6, 6.07) is 7.63. The molecule has 0 spiro atoms. The van der Waals surface area contributed by atoms with Crippen LogP contribution in [0, 0.1) is 0 Å². The molecule has 2 aliphatic rings. The number of carbonyl (C=O) groups excluding carboxylic acids is 1. The van der Waals surface area contributed by atoms with Crippen molar-refractivity contribution in [2.45, 2.75) is 24.5 Å². The third-order valence-corrected chi connectivity index (χ3v) is 6.49. The minimum Gasteiger partial charge on any atom is -0.338 e. The van der Waals surface area contributed by atoms with Crippen LogP contribution < -0.4 is 0 Å². The molecule has 1 heterocycles. The van der Waals surface area contributed by atoms with Gasteiger partial charge >= 0.3 is 0 Å². The Bertz CT molecular complexity index is 723. The molecule has 4 nitrogen and oxygen atoms in total. The summed E-state index contributed by atoms with van der Waals surface area (Å²) in [6.07, 6.45) is 4.11. The summed E-state index contributed by atoms with van der Waals surface area (Å²) in [6.45, 7) is 1.01. The summed E-state index contributed by atoms with van der Waals surface area (Å²) >= 11 is 5.99. The van der Waals surface area contributed by atoms with Crippen molar-refractivity contribution in [1.82, 2.24) is 4.90 Å². The van der Waals surface area contributed by atoms with E-state index in [4.69, 9.17) is 11.6 Å². The lowest BCUT2D eigenvalue weighted by molar-refractivity contribution is -0.128. The molecule has 1 aliphatic carbocycles. The molecule has 0 aromatic heterocycles. The molecule has 1 amide bonds. The maximum Gasteiger partial charge on any atom is 0.238 e. The Kier molecular flexibility index (Phi) is 4.28. The van der Waals surface area contributed by atoms with Crippen LogP contribution in [0.5, 0.6) is 0 Å². The average molecular weight is 340 g/mol. The summed E-state index contributed by atoms with van der Waals surface area (Å²) in [5.74, 6) is -0.633. The zero-order chi connectivity index (χ0) is 15.7. The normalized spacial score (nSPS) is 19.0. The van der Waals surface area contributed by atoms with Crippen molar-refractivity contribution in [3.63, 3.8) is 0 Å². The van der Waals surface area contributed by atoms with Crippen molar-refractivity contribution in [2.24, 2.45) is 0 Å². The van der Waals surface area contributed by atoms with E-state index >= 15 is 0 Å². The van der Waals surface area contributed by atoms with Crippen LogP contribution in [0.2, 0.25) is 5.02 Å². The van der Waals surface area contributed by atoms with Gasteiger partial charge in [0, 0.05) is 18.1 Å². The van der Waals surface area contributed by atoms with Gasteiger partial charge in [-0.05, 0) is 42.5 Å².